The third-order valence-corrected chi connectivity index (χ3v) is 17.1. The Bertz CT molecular complexity index is 3790. The van der Waals surface area contributed by atoms with Crippen molar-refractivity contribution in [3.05, 3.63) is 269 Å². The minimum absolute atomic E-state index is 0.508. The van der Waals surface area contributed by atoms with E-state index < -0.39 is 10.8 Å². The Hall–Kier alpha value is -7.50. The number of furan rings is 1. The third-order valence-electron chi connectivity index (χ3n) is 14.8. The van der Waals surface area contributed by atoms with E-state index >= 15 is 0 Å². The van der Waals surface area contributed by atoms with Gasteiger partial charge in [-0.3, -0.25) is 0 Å². The van der Waals surface area contributed by atoms with Crippen LogP contribution in [0.15, 0.2) is 248 Å². The van der Waals surface area contributed by atoms with Crippen LogP contribution in [0, 0.1) is 0 Å². The molecule has 0 saturated heterocycles. The second kappa shape index (κ2) is 13.5. The molecule has 0 amide bonds. The summed E-state index contributed by atoms with van der Waals surface area (Å²) < 4.78 is 6.69. The van der Waals surface area contributed by atoms with Crippen LogP contribution in [0.5, 0.6) is 0 Å². The number of para-hydroxylation sites is 1. The maximum Gasteiger partial charge on any atom is 0.137 e. The lowest BCUT2D eigenvalue weighted by Crippen LogP contribution is -2.32. The van der Waals surface area contributed by atoms with Crippen molar-refractivity contribution in [2.45, 2.75) is 30.4 Å². The molecule has 2 aliphatic carbocycles. The van der Waals surface area contributed by atoms with Crippen molar-refractivity contribution in [1.82, 2.24) is 0 Å². The van der Waals surface area contributed by atoms with Gasteiger partial charge in [0.2, 0.25) is 0 Å². The van der Waals surface area contributed by atoms with Crippen molar-refractivity contribution in [2.24, 2.45) is 0 Å². The molecule has 0 fully saturated rings. The number of hydrogen-bond donors (Lipinski definition) is 0. The highest BCUT2D eigenvalue weighted by atomic mass is 32.2. The van der Waals surface area contributed by atoms with Gasteiger partial charge < -0.3 is 9.32 Å². The maximum atomic E-state index is 6.69. The molecule has 10 aromatic carbocycles. The van der Waals surface area contributed by atoms with Crippen molar-refractivity contribution < 1.29 is 4.42 Å². The molecule has 0 bridgehead atoms. The van der Waals surface area contributed by atoms with Crippen LogP contribution in [0.25, 0.3) is 44.2 Å². The summed E-state index contributed by atoms with van der Waals surface area (Å²) in [7, 11) is 0. The van der Waals surface area contributed by atoms with Crippen molar-refractivity contribution in [2.75, 3.05) is 4.90 Å². The zero-order valence-electron chi connectivity index (χ0n) is 35.5. The molecule has 0 unspecified atom stereocenters. The molecule has 0 saturated carbocycles. The van der Waals surface area contributed by atoms with E-state index in [1.165, 1.54) is 86.3 Å². The Balaban J connectivity index is 1.05. The first kappa shape index (κ1) is 36.8. The maximum absolute atomic E-state index is 6.69. The lowest BCUT2D eigenvalue weighted by molar-refractivity contribution is 0.669. The average molecular weight is 876 g/mol. The Morgan fingerprint density at radius 2 is 0.773 bits per heavy atom. The number of fused-ring (bicyclic) bond motifs is 21. The van der Waals surface area contributed by atoms with Crippen LogP contribution in [0.4, 0.5) is 17.1 Å². The van der Waals surface area contributed by atoms with Gasteiger partial charge in [0, 0.05) is 53.4 Å². The van der Waals surface area contributed by atoms with E-state index in [0.717, 1.165) is 39.0 Å². The number of benzene rings is 10. The van der Waals surface area contributed by atoms with Gasteiger partial charge in [-0.25, -0.2) is 0 Å². The molecule has 2 spiro atoms. The van der Waals surface area contributed by atoms with Gasteiger partial charge in [0.15, 0.2) is 0 Å². The molecule has 0 N–H and O–H groups in total. The molecule has 11 aromatic rings. The van der Waals surface area contributed by atoms with Gasteiger partial charge in [0.1, 0.15) is 11.2 Å². The molecular weight excluding hydrogens is 839 g/mol. The van der Waals surface area contributed by atoms with E-state index in [0.29, 0.717) is 0 Å². The Morgan fingerprint density at radius 3 is 1.42 bits per heavy atom. The summed E-state index contributed by atoms with van der Waals surface area (Å²) in [5, 5.41) is 2.24. The second-order valence-corrected chi connectivity index (χ2v) is 20.0. The minimum atomic E-state index is -0.517. The summed E-state index contributed by atoms with van der Waals surface area (Å²) in [6.07, 6.45) is 0. The van der Waals surface area contributed by atoms with Crippen LogP contribution in [0.2, 0.25) is 0 Å². The predicted molar refractivity (Wildman–Crippen MR) is 271 cm³/mol. The van der Waals surface area contributed by atoms with Gasteiger partial charge in [-0.1, -0.05) is 181 Å². The third kappa shape index (κ3) is 4.65. The van der Waals surface area contributed by atoms with Gasteiger partial charge >= 0.3 is 0 Å². The van der Waals surface area contributed by atoms with Gasteiger partial charge in [-0.05, 0) is 122 Å². The summed E-state index contributed by atoms with van der Waals surface area (Å²) in [5.41, 5.74) is 19.6. The van der Waals surface area contributed by atoms with Gasteiger partial charge in [0.05, 0.1) is 16.5 Å². The van der Waals surface area contributed by atoms with Crippen LogP contribution in [-0.4, -0.2) is 0 Å². The Kier molecular flexibility index (Phi) is 7.54. The SMILES string of the molecule is c1ccc2c(c1)Sc1ccccc1C21c2ccccc2-c2ccc(N(c3ccc4c(c3)oc3ccccc34)c3cccc4c3-c3ccccc3C43c4ccccc4Sc4ccccc43)cc21. The quantitative estimate of drug-likeness (QED) is 0.176. The Morgan fingerprint density at radius 1 is 0.318 bits per heavy atom. The zero-order valence-corrected chi connectivity index (χ0v) is 37.2. The van der Waals surface area contributed by atoms with E-state index in [1.54, 1.807) is 0 Å². The smallest absolute Gasteiger partial charge is 0.137 e. The molecule has 1 aromatic heterocycles. The van der Waals surface area contributed by atoms with E-state index in [4.69, 9.17) is 4.42 Å². The molecule has 4 heteroatoms. The van der Waals surface area contributed by atoms with Crippen molar-refractivity contribution in [1.29, 1.82) is 0 Å². The van der Waals surface area contributed by atoms with Crippen LogP contribution in [0.3, 0.4) is 0 Å². The largest absolute Gasteiger partial charge is 0.456 e. The monoisotopic (exact) mass is 875 g/mol. The first-order valence-corrected chi connectivity index (χ1v) is 24.3. The molecule has 3 heterocycles. The summed E-state index contributed by atoms with van der Waals surface area (Å²) >= 11 is 3.77. The molecule has 15 rings (SSSR count). The average Bonchev–Trinajstić information content (AvgIpc) is 3.99. The highest BCUT2D eigenvalue weighted by Gasteiger charge is 2.52. The van der Waals surface area contributed by atoms with E-state index in [-0.39, 0.29) is 0 Å². The van der Waals surface area contributed by atoms with Crippen molar-refractivity contribution in [3.8, 4) is 22.3 Å². The predicted octanol–water partition coefficient (Wildman–Crippen LogP) is 16.7. The molecule has 0 radical (unpaired) electrons. The lowest BCUT2D eigenvalue weighted by Gasteiger charge is -2.40. The number of rotatable bonds is 3. The van der Waals surface area contributed by atoms with E-state index in [1.807, 2.05) is 23.5 Å². The molecule has 0 atom stereocenters. The van der Waals surface area contributed by atoms with Crippen LogP contribution < -0.4 is 4.90 Å². The number of nitrogens with zero attached hydrogens (tertiary/aromatic N) is 1. The molecule has 66 heavy (non-hydrogen) atoms. The van der Waals surface area contributed by atoms with E-state index in [9.17, 15) is 0 Å². The lowest BCUT2D eigenvalue weighted by atomic mass is 9.67. The molecular formula is C62H37NOS2. The number of anilines is 3. The first-order valence-electron chi connectivity index (χ1n) is 22.7. The minimum Gasteiger partial charge on any atom is -0.456 e. The molecule has 4 aliphatic rings. The summed E-state index contributed by atoms with van der Waals surface area (Å²) in [6.45, 7) is 0. The van der Waals surface area contributed by atoms with Gasteiger partial charge in [0.25, 0.3) is 0 Å². The fourth-order valence-corrected chi connectivity index (χ4v) is 14.7. The van der Waals surface area contributed by atoms with Crippen LogP contribution in [0.1, 0.15) is 44.5 Å². The van der Waals surface area contributed by atoms with Crippen molar-refractivity contribution in [3.63, 3.8) is 0 Å². The number of hydrogen-bond acceptors (Lipinski definition) is 4. The molecule has 2 nitrogen and oxygen atoms in total. The van der Waals surface area contributed by atoms with Gasteiger partial charge in [-0.15, -0.1) is 0 Å². The fraction of sp³-hybridized carbons (Fsp3) is 0.0323. The molecule has 2 aliphatic heterocycles. The highest BCUT2D eigenvalue weighted by Crippen LogP contribution is 2.66. The summed E-state index contributed by atoms with van der Waals surface area (Å²) in [5.74, 6) is 0. The van der Waals surface area contributed by atoms with Gasteiger partial charge in [-0.2, -0.15) is 0 Å². The zero-order chi connectivity index (χ0) is 43.1. The second-order valence-electron chi connectivity index (χ2n) is 17.8. The van der Waals surface area contributed by atoms with Crippen molar-refractivity contribution >= 4 is 62.5 Å². The fourth-order valence-electron chi connectivity index (χ4n) is 12.3. The highest BCUT2D eigenvalue weighted by molar-refractivity contribution is 7.99. The normalized spacial score (nSPS) is 14.8. The van der Waals surface area contributed by atoms with Crippen LogP contribution >= 0.6 is 23.5 Å². The topological polar surface area (TPSA) is 16.4 Å². The Labute approximate surface area is 391 Å². The summed E-state index contributed by atoms with van der Waals surface area (Å²) in [4.78, 5) is 7.70. The standard InChI is InChI=1S/C62H37NOS2/c1-4-19-45-40(16-1)41-34-32-38(36-52(41)62(45)49-23-8-13-30-58(49)66-59-31-14-9-24-50(59)62)63(39-33-35-43-42-17-3-10-27-54(42)64-55(43)37-39)53-26-15-25-51-60(53)44-18-2-5-20-46(44)61(51)47-21-6-11-28-56(47)65-57-29-12-7-22-48(57)61/h1-37H. The summed E-state index contributed by atoms with van der Waals surface area (Å²) in [6, 6.07) is 84.0. The molecule has 308 valence electrons. The van der Waals surface area contributed by atoms with E-state index in [2.05, 4.69) is 229 Å². The van der Waals surface area contributed by atoms with Crippen LogP contribution in [-0.2, 0) is 10.8 Å². The first-order chi connectivity index (χ1) is 32.7.